The zero-order valence-corrected chi connectivity index (χ0v) is 12.7. The van der Waals surface area contributed by atoms with Crippen molar-refractivity contribution < 1.29 is 9.59 Å². The number of Topliss-reactive ketones (excluding diaryl/α,β-unsaturated/α-hetero) is 1. The van der Waals surface area contributed by atoms with Gasteiger partial charge in [0.2, 0.25) is 0 Å². The number of hydrogen-bond acceptors (Lipinski definition) is 3. The number of rotatable bonds is 5. The Morgan fingerprint density at radius 3 is 2.35 bits per heavy atom. The second-order valence-electron chi connectivity index (χ2n) is 5.29. The predicted molar refractivity (Wildman–Crippen MR) is 80.4 cm³/mol. The summed E-state index contributed by atoms with van der Waals surface area (Å²) in [7, 11) is 0. The summed E-state index contributed by atoms with van der Waals surface area (Å²) in [6.07, 6.45) is 0. The van der Waals surface area contributed by atoms with Crippen LogP contribution < -0.4 is 4.90 Å². The van der Waals surface area contributed by atoms with Crippen molar-refractivity contribution in [3.63, 3.8) is 0 Å². The van der Waals surface area contributed by atoms with Crippen molar-refractivity contribution in [3.8, 4) is 0 Å². The van der Waals surface area contributed by atoms with E-state index >= 15 is 0 Å². The zero-order valence-electron chi connectivity index (χ0n) is 12.7. The van der Waals surface area contributed by atoms with Gasteiger partial charge in [-0.2, -0.15) is 0 Å². The summed E-state index contributed by atoms with van der Waals surface area (Å²) in [6, 6.07) is 3.89. The topological polar surface area (TPSA) is 40.6 Å². The molecular weight excluding hydrogens is 252 g/mol. The van der Waals surface area contributed by atoms with E-state index in [1.165, 1.54) is 0 Å². The highest BCUT2D eigenvalue weighted by molar-refractivity contribution is 6.52. The van der Waals surface area contributed by atoms with Crippen LogP contribution in [0.3, 0.4) is 0 Å². The Bertz CT molecular complexity index is 548. The summed E-state index contributed by atoms with van der Waals surface area (Å²) < 4.78 is 0. The largest absolute Gasteiger partial charge is 0.303 e. The molecule has 1 amide bonds. The minimum Gasteiger partial charge on any atom is -0.303 e. The van der Waals surface area contributed by atoms with Crippen molar-refractivity contribution in [2.45, 2.75) is 27.7 Å². The quantitative estimate of drug-likeness (QED) is 0.773. The molecule has 20 heavy (non-hydrogen) atoms. The lowest BCUT2D eigenvalue weighted by Crippen LogP contribution is -2.38. The van der Waals surface area contributed by atoms with E-state index in [9.17, 15) is 9.59 Å². The molecule has 0 aliphatic carbocycles. The molecule has 0 N–H and O–H groups in total. The maximum Gasteiger partial charge on any atom is 0.299 e. The Hall–Kier alpha value is -1.68. The van der Waals surface area contributed by atoms with Gasteiger partial charge in [0, 0.05) is 13.1 Å². The van der Waals surface area contributed by atoms with Gasteiger partial charge in [0.25, 0.3) is 11.7 Å². The van der Waals surface area contributed by atoms with Gasteiger partial charge in [0.1, 0.15) is 0 Å². The molecule has 1 heterocycles. The normalized spacial score (nSPS) is 14.3. The molecule has 1 aliphatic rings. The number of fused-ring (bicyclic) bond motifs is 1. The van der Waals surface area contributed by atoms with Crippen LogP contribution in [0, 0.1) is 13.8 Å². The molecule has 4 heteroatoms. The average Bonchev–Trinajstić information content (AvgIpc) is 2.64. The summed E-state index contributed by atoms with van der Waals surface area (Å²) in [5.41, 5.74) is 3.34. The highest BCUT2D eigenvalue weighted by Gasteiger charge is 2.36. The fourth-order valence-corrected chi connectivity index (χ4v) is 2.80. The van der Waals surface area contributed by atoms with Gasteiger partial charge >= 0.3 is 0 Å². The molecule has 0 bridgehead atoms. The summed E-state index contributed by atoms with van der Waals surface area (Å²) >= 11 is 0. The van der Waals surface area contributed by atoms with E-state index < -0.39 is 0 Å². The van der Waals surface area contributed by atoms with Crippen molar-refractivity contribution in [2.24, 2.45) is 0 Å². The predicted octanol–water partition coefficient (Wildman–Crippen LogP) is 2.17. The summed E-state index contributed by atoms with van der Waals surface area (Å²) in [6.45, 7) is 11.3. The average molecular weight is 274 g/mol. The van der Waals surface area contributed by atoms with E-state index in [0.717, 1.165) is 36.4 Å². The monoisotopic (exact) mass is 274 g/mol. The number of aryl methyl sites for hydroxylation is 2. The van der Waals surface area contributed by atoms with Crippen LogP contribution >= 0.6 is 0 Å². The van der Waals surface area contributed by atoms with Crippen molar-refractivity contribution in [3.05, 3.63) is 28.8 Å². The Kier molecular flexibility index (Phi) is 4.23. The maximum absolute atomic E-state index is 12.2. The molecule has 4 nitrogen and oxygen atoms in total. The number of likely N-dealkylation sites (N-methyl/N-ethyl adjacent to an activating group) is 1. The number of hydrogen-bond donors (Lipinski definition) is 0. The number of ketones is 1. The minimum absolute atomic E-state index is 0.364. The van der Waals surface area contributed by atoms with Crippen molar-refractivity contribution >= 4 is 17.4 Å². The first-order valence-corrected chi connectivity index (χ1v) is 7.19. The standard InChI is InChI=1S/C16H22N2O2/c1-5-17(6-2)7-8-18-13-10-11(3)9-12(4)14(13)15(19)16(18)20/h9-10H,5-8H2,1-4H3. The molecule has 1 aromatic carbocycles. The van der Waals surface area contributed by atoms with Gasteiger partial charge in [-0.15, -0.1) is 0 Å². The van der Waals surface area contributed by atoms with Crippen molar-refractivity contribution in [1.29, 1.82) is 0 Å². The van der Waals surface area contributed by atoms with Gasteiger partial charge in [0.15, 0.2) is 0 Å². The third-order valence-corrected chi connectivity index (χ3v) is 3.95. The lowest BCUT2D eigenvalue weighted by molar-refractivity contribution is -0.114. The Balaban J connectivity index is 2.29. The number of carbonyl (C=O) groups is 2. The Morgan fingerprint density at radius 2 is 1.75 bits per heavy atom. The number of amides is 1. The van der Waals surface area contributed by atoms with E-state index in [0.29, 0.717) is 12.1 Å². The van der Waals surface area contributed by atoms with E-state index in [2.05, 4.69) is 18.7 Å². The SMILES string of the molecule is CCN(CC)CCN1C(=O)C(=O)c2c(C)cc(C)cc21. The fraction of sp³-hybridized carbons (Fsp3) is 0.500. The van der Waals surface area contributed by atoms with Gasteiger partial charge in [0.05, 0.1) is 11.3 Å². The van der Waals surface area contributed by atoms with Crippen LogP contribution in [-0.2, 0) is 4.79 Å². The Morgan fingerprint density at radius 1 is 1.10 bits per heavy atom. The molecule has 0 saturated heterocycles. The number of benzene rings is 1. The first kappa shape index (κ1) is 14.7. The second kappa shape index (κ2) is 5.75. The van der Waals surface area contributed by atoms with Crippen LogP contribution in [0.15, 0.2) is 12.1 Å². The Labute approximate surface area is 120 Å². The highest BCUT2D eigenvalue weighted by Crippen LogP contribution is 2.32. The van der Waals surface area contributed by atoms with E-state index in [-0.39, 0.29) is 11.7 Å². The summed E-state index contributed by atoms with van der Waals surface area (Å²) in [5, 5.41) is 0. The van der Waals surface area contributed by atoms with E-state index in [1.807, 2.05) is 26.0 Å². The molecule has 0 radical (unpaired) electrons. The molecule has 2 rings (SSSR count). The number of anilines is 1. The lowest BCUT2D eigenvalue weighted by Gasteiger charge is -2.23. The first-order chi connectivity index (χ1) is 9.49. The van der Waals surface area contributed by atoms with Crippen LogP contribution in [0.4, 0.5) is 5.69 Å². The van der Waals surface area contributed by atoms with Gasteiger partial charge in [-0.3, -0.25) is 9.59 Å². The molecule has 0 unspecified atom stereocenters. The molecule has 0 saturated carbocycles. The van der Waals surface area contributed by atoms with Crippen molar-refractivity contribution in [1.82, 2.24) is 4.90 Å². The van der Waals surface area contributed by atoms with E-state index in [1.54, 1.807) is 4.90 Å². The minimum atomic E-state index is -0.388. The fourth-order valence-electron chi connectivity index (χ4n) is 2.80. The molecule has 1 aliphatic heterocycles. The van der Waals surface area contributed by atoms with Gasteiger partial charge in [-0.25, -0.2) is 0 Å². The third-order valence-electron chi connectivity index (χ3n) is 3.95. The van der Waals surface area contributed by atoms with Crippen LogP contribution in [0.5, 0.6) is 0 Å². The van der Waals surface area contributed by atoms with Gasteiger partial charge in [-0.05, 0) is 44.1 Å². The first-order valence-electron chi connectivity index (χ1n) is 7.19. The molecule has 0 atom stereocenters. The molecule has 1 aromatic rings. The molecular formula is C16H22N2O2. The van der Waals surface area contributed by atoms with Crippen LogP contribution in [0.1, 0.15) is 35.3 Å². The summed E-state index contributed by atoms with van der Waals surface area (Å²) in [4.78, 5) is 28.2. The lowest BCUT2D eigenvalue weighted by atomic mass is 10.0. The summed E-state index contributed by atoms with van der Waals surface area (Å²) in [5.74, 6) is -0.752. The molecule has 108 valence electrons. The van der Waals surface area contributed by atoms with Crippen LogP contribution in [-0.4, -0.2) is 42.8 Å². The highest BCUT2D eigenvalue weighted by atomic mass is 16.2. The number of nitrogens with zero attached hydrogens (tertiary/aromatic N) is 2. The van der Waals surface area contributed by atoms with Gasteiger partial charge < -0.3 is 9.80 Å². The molecule has 0 spiro atoms. The molecule has 0 fully saturated rings. The van der Waals surface area contributed by atoms with Crippen LogP contribution in [0.25, 0.3) is 0 Å². The van der Waals surface area contributed by atoms with Gasteiger partial charge in [-0.1, -0.05) is 19.9 Å². The zero-order chi connectivity index (χ0) is 14.9. The second-order valence-corrected chi connectivity index (χ2v) is 5.29. The van der Waals surface area contributed by atoms with E-state index in [4.69, 9.17) is 0 Å². The number of carbonyl (C=O) groups excluding carboxylic acids is 2. The van der Waals surface area contributed by atoms with Crippen molar-refractivity contribution in [2.75, 3.05) is 31.1 Å². The maximum atomic E-state index is 12.2. The molecule has 0 aromatic heterocycles. The third kappa shape index (κ3) is 2.48. The van der Waals surface area contributed by atoms with Crippen LogP contribution in [0.2, 0.25) is 0 Å². The smallest absolute Gasteiger partial charge is 0.299 e.